The van der Waals surface area contributed by atoms with E-state index in [1.54, 1.807) is 23.5 Å². The Kier molecular flexibility index (Phi) is 7.47. The van der Waals surface area contributed by atoms with Gasteiger partial charge >= 0.3 is 0 Å². The number of amides is 1. The molecule has 10 nitrogen and oxygen atoms in total. The average Bonchev–Trinajstić information content (AvgIpc) is 3.60. The lowest BCUT2D eigenvalue weighted by atomic mass is 10.0. The number of thiazole rings is 1. The van der Waals surface area contributed by atoms with Crippen LogP contribution in [0.5, 0.6) is 5.75 Å². The molecule has 1 atom stereocenters. The number of ether oxygens (including phenoxy) is 1. The van der Waals surface area contributed by atoms with Crippen LogP contribution >= 0.6 is 11.3 Å². The number of hydrogen-bond donors (Lipinski definition) is 3. The average molecular weight is 558 g/mol. The van der Waals surface area contributed by atoms with E-state index in [2.05, 4.69) is 22.2 Å². The zero-order chi connectivity index (χ0) is 27.9. The summed E-state index contributed by atoms with van der Waals surface area (Å²) in [6.07, 6.45) is 1.11. The number of carbonyl (C=O) groups excluding carboxylic acids is 2. The zero-order valence-electron chi connectivity index (χ0n) is 22.1. The van der Waals surface area contributed by atoms with Crippen LogP contribution < -0.4 is 15.0 Å². The monoisotopic (exact) mass is 557 g/mol. The molecule has 1 fully saturated rings. The summed E-state index contributed by atoms with van der Waals surface area (Å²) in [7, 11) is 2.11. The predicted octanol–water partition coefficient (Wildman–Crippen LogP) is 2.52. The molecular weight excluding hydrogens is 525 g/mol. The molecule has 0 spiro atoms. The molecule has 2 aromatic heterocycles. The van der Waals surface area contributed by atoms with Gasteiger partial charge in [-0.2, -0.15) is 0 Å². The van der Waals surface area contributed by atoms with E-state index in [9.17, 15) is 24.2 Å². The molecule has 0 bridgehead atoms. The topological polar surface area (TPSA) is 120 Å². The van der Waals surface area contributed by atoms with Crippen molar-refractivity contribution >= 4 is 28.3 Å². The van der Waals surface area contributed by atoms with Gasteiger partial charge in [0.25, 0.3) is 11.8 Å². The smallest absolute Gasteiger partial charge is 0.253 e. The normalized spacial score (nSPS) is 17.7. The quantitative estimate of drug-likeness (QED) is 0.379. The molecule has 4 heterocycles. The lowest BCUT2D eigenvalue weighted by molar-refractivity contribution is -0.177. The molecule has 1 saturated heterocycles. The zero-order valence-corrected chi connectivity index (χ0v) is 22.9. The van der Waals surface area contributed by atoms with E-state index >= 15 is 0 Å². The Bertz CT molecular complexity index is 1360. The minimum absolute atomic E-state index is 0.0125. The Morgan fingerprint density at radius 3 is 2.54 bits per heavy atom. The van der Waals surface area contributed by atoms with Crippen molar-refractivity contribution in [2.24, 2.45) is 5.92 Å². The lowest BCUT2D eigenvalue weighted by Gasteiger charge is -2.32. The third-order valence-electron chi connectivity index (χ3n) is 6.97. The number of anilines is 1. The van der Waals surface area contributed by atoms with E-state index in [-0.39, 0.29) is 23.8 Å². The van der Waals surface area contributed by atoms with Crippen molar-refractivity contribution in [3.8, 4) is 17.0 Å². The summed E-state index contributed by atoms with van der Waals surface area (Å²) in [6.45, 7) is 7.04. The van der Waals surface area contributed by atoms with Gasteiger partial charge in [-0.3, -0.25) is 14.2 Å². The Morgan fingerprint density at radius 1 is 1.18 bits per heavy atom. The largest absolute Gasteiger partial charge is 0.482 e. The van der Waals surface area contributed by atoms with Gasteiger partial charge < -0.3 is 30.1 Å². The number of carbonyl (C=O) groups is 2. The van der Waals surface area contributed by atoms with Crippen LogP contribution in [-0.4, -0.2) is 82.4 Å². The summed E-state index contributed by atoms with van der Waals surface area (Å²) in [6, 6.07) is 5.94. The summed E-state index contributed by atoms with van der Waals surface area (Å²) in [5, 5.41) is 26.1. The van der Waals surface area contributed by atoms with E-state index in [4.69, 9.17) is 9.72 Å². The lowest BCUT2D eigenvalue weighted by Crippen LogP contribution is -2.45. The van der Waals surface area contributed by atoms with Gasteiger partial charge in [-0.05, 0) is 31.5 Å². The van der Waals surface area contributed by atoms with Gasteiger partial charge in [-0.1, -0.05) is 26.0 Å². The van der Waals surface area contributed by atoms with Crippen molar-refractivity contribution in [2.45, 2.75) is 32.1 Å². The van der Waals surface area contributed by atoms with Crippen LogP contribution in [0.15, 0.2) is 35.8 Å². The molecule has 1 amide bonds. The maximum atomic E-state index is 14.4. The fourth-order valence-corrected chi connectivity index (χ4v) is 5.71. The summed E-state index contributed by atoms with van der Waals surface area (Å²) in [5.41, 5.74) is 1.67. The second-order valence-corrected chi connectivity index (χ2v) is 11.3. The first-order valence-electron chi connectivity index (χ1n) is 12.9. The van der Waals surface area contributed by atoms with Crippen molar-refractivity contribution in [2.75, 3.05) is 44.7 Å². The maximum absolute atomic E-state index is 14.4. The molecule has 5 rings (SSSR count). The molecule has 0 unspecified atom stereocenters. The summed E-state index contributed by atoms with van der Waals surface area (Å²) >= 11 is 1.59. The molecule has 0 saturated carbocycles. The van der Waals surface area contributed by atoms with Gasteiger partial charge in [0, 0.05) is 42.7 Å². The summed E-state index contributed by atoms with van der Waals surface area (Å²) in [4.78, 5) is 35.9. The summed E-state index contributed by atoms with van der Waals surface area (Å²) in [5.74, 6) is -4.93. The van der Waals surface area contributed by atoms with Gasteiger partial charge in [0.2, 0.25) is 5.79 Å². The van der Waals surface area contributed by atoms with Crippen LogP contribution in [0.1, 0.15) is 41.1 Å². The van der Waals surface area contributed by atoms with Gasteiger partial charge in [0.15, 0.2) is 16.7 Å². The van der Waals surface area contributed by atoms with Crippen molar-refractivity contribution in [3.63, 3.8) is 0 Å². The predicted molar refractivity (Wildman–Crippen MR) is 145 cm³/mol. The van der Waals surface area contributed by atoms with Gasteiger partial charge in [0.05, 0.1) is 11.9 Å². The molecule has 39 heavy (non-hydrogen) atoms. The molecule has 0 aliphatic carbocycles. The highest BCUT2D eigenvalue weighted by Gasteiger charge is 2.45. The van der Waals surface area contributed by atoms with Crippen LogP contribution in [0, 0.1) is 11.7 Å². The van der Waals surface area contributed by atoms with Crippen molar-refractivity contribution in [3.05, 3.63) is 52.9 Å². The fourth-order valence-electron chi connectivity index (χ4n) is 4.82. The van der Waals surface area contributed by atoms with Gasteiger partial charge in [-0.25, -0.2) is 9.37 Å². The fraction of sp³-hybridized carbons (Fsp3) is 0.444. The molecule has 2 aliphatic rings. The number of halogens is 1. The Balaban J connectivity index is 1.30. The van der Waals surface area contributed by atoms with Crippen LogP contribution in [0.4, 0.5) is 9.52 Å². The van der Waals surface area contributed by atoms with Crippen molar-refractivity contribution in [1.82, 2.24) is 19.8 Å². The van der Waals surface area contributed by atoms with Crippen LogP contribution in [-0.2, 0) is 5.79 Å². The first kappa shape index (κ1) is 27.3. The SMILES string of the molecule is CC(C)C[C@H](NC(=O)c1ccc(-c2csc(N3CCN(C)CC3)n2)cc1)C(=O)n1cc(F)c2c1C(O)(O)CO2. The number of aliphatic hydroxyl groups is 2. The molecule has 1 aromatic carbocycles. The minimum atomic E-state index is -2.52. The third-order valence-corrected chi connectivity index (χ3v) is 7.87. The highest BCUT2D eigenvalue weighted by molar-refractivity contribution is 7.14. The Labute approximate surface area is 229 Å². The number of nitrogens with one attached hydrogen (secondary N) is 1. The first-order chi connectivity index (χ1) is 18.5. The number of fused-ring (bicyclic) bond motifs is 1. The van der Waals surface area contributed by atoms with Gasteiger partial charge in [0.1, 0.15) is 18.3 Å². The van der Waals surface area contributed by atoms with Gasteiger partial charge in [-0.15, -0.1) is 11.3 Å². The first-order valence-corrected chi connectivity index (χ1v) is 13.7. The highest BCUT2D eigenvalue weighted by Crippen LogP contribution is 2.39. The number of nitrogens with zero attached hydrogens (tertiary/aromatic N) is 4. The van der Waals surface area contributed by atoms with Crippen LogP contribution in [0.3, 0.4) is 0 Å². The van der Waals surface area contributed by atoms with E-state index in [0.717, 1.165) is 53.3 Å². The van der Waals surface area contributed by atoms with E-state index < -0.39 is 36.1 Å². The molecule has 2 aliphatic heterocycles. The number of benzene rings is 1. The van der Waals surface area contributed by atoms with Crippen molar-refractivity contribution < 1.29 is 28.9 Å². The Morgan fingerprint density at radius 2 is 1.87 bits per heavy atom. The molecule has 3 N–H and O–H groups in total. The number of rotatable bonds is 7. The van der Waals surface area contributed by atoms with Crippen LogP contribution in [0.25, 0.3) is 11.3 Å². The van der Waals surface area contributed by atoms with E-state index in [0.29, 0.717) is 5.56 Å². The summed E-state index contributed by atoms with van der Waals surface area (Å²) < 4.78 is 20.2. The second-order valence-electron chi connectivity index (χ2n) is 10.5. The second kappa shape index (κ2) is 10.7. The maximum Gasteiger partial charge on any atom is 0.253 e. The van der Waals surface area contributed by atoms with E-state index in [1.807, 2.05) is 31.4 Å². The highest BCUT2D eigenvalue weighted by atomic mass is 32.1. The Hall–Kier alpha value is -3.32. The number of hydrogen-bond acceptors (Lipinski definition) is 9. The molecule has 3 aromatic rings. The van der Waals surface area contributed by atoms with Crippen LogP contribution in [0.2, 0.25) is 0 Å². The standard InChI is InChI=1S/C27H32FN5O5S/c1-16(2)12-20(25(35)33-13-19(28)22-23(33)27(36,37)15-38-22)29-24(34)18-6-4-17(5-7-18)21-14-39-26(30-21)32-10-8-31(3)9-11-32/h4-7,13-14,16,20,36-37H,8-12,15H2,1-3H3,(H,29,34)/t20-/m0/s1. The van der Waals surface area contributed by atoms with E-state index in [1.165, 1.54) is 0 Å². The third kappa shape index (κ3) is 5.55. The molecule has 0 radical (unpaired) electrons. The number of aromatic nitrogens is 2. The number of piperazine rings is 1. The minimum Gasteiger partial charge on any atom is -0.482 e. The number of likely N-dealkylation sites (N-methyl/N-ethyl adjacent to an activating group) is 1. The molecule has 208 valence electrons. The van der Waals surface area contributed by atoms with Crippen molar-refractivity contribution in [1.29, 1.82) is 0 Å². The molecule has 12 heteroatoms. The molecular formula is C27H32FN5O5S.